The zero-order valence-electron chi connectivity index (χ0n) is 62.9. The number of nitrogens with zero attached hydrogens (tertiary/aromatic N) is 8. The highest BCUT2D eigenvalue weighted by molar-refractivity contribution is 5.71. The first-order valence-electron chi connectivity index (χ1n) is 36.9. The van der Waals surface area contributed by atoms with Crippen molar-refractivity contribution in [2.24, 2.45) is 0 Å². The minimum absolute atomic E-state index is 0.251. The fourth-order valence-electron chi connectivity index (χ4n) is 15.6. The molecule has 0 aromatic heterocycles. The Bertz CT molecular complexity index is 3590. The Hall–Kier alpha value is -7.32. The van der Waals surface area contributed by atoms with E-state index in [2.05, 4.69) is 350 Å². The van der Waals surface area contributed by atoms with E-state index in [-0.39, 0.29) is 12.3 Å². The van der Waals surface area contributed by atoms with Crippen molar-refractivity contribution in [3.8, 4) is 0 Å². The molecular formula is C87H122N8. The minimum atomic E-state index is 0.251. The Kier molecular flexibility index (Phi) is 24.0. The Morgan fingerprint density at radius 3 is 0.853 bits per heavy atom. The van der Waals surface area contributed by atoms with E-state index in [0.29, 0.717) is 47.8 Å². The maximum absolute atomic E-state index is 2.58. The average molecular weight is 1280 g/mol. The second-order valence-corrected chi connectivity index (χ2v) is 30.4. The second-order valence-electron chi connectivity index (χ2n) is 30.4. The number of para-hydroxylation sites is 2. The van der Waals surface area contributed by atoms with Crippen molar-refractivity contribution >= 4 is 34.1 Å². The average Bonchev–Trinajstić information content (AvgIpc) is 1.70. The van der Waals surface area contributed by atoms with Crippen molar-refractivity contribution in [1.29, 1.82) is 0 Å². The number of hydrogen-bond acceptors (Lipinski definition) is 8. The second kappa shape index (κ2) is 31.7. The molecule has 6 aromatic rings. The van der Waals surface area contributed by atoms with Crippen LogP contribution in [-0.2, 0) is 0 Å². The smallest absolute Gasteiger partial charge is 0.107 e. The third-order valence-corrected chi connectivity index (χ3v) is 21.6. The molecule has 8 heteroatoms. The van der Waals surface area contributed by atoms with E-state index in [0.717, 1.165) is 12.1 Å². The van der Waals surface area contributed by atoms with Crippen LogP contribution in [0.4, 0.5) is 34.1 Å². The van der Waals surface area contributed by atoms with Gasteiger partial charge in [0.2, 0.25) is 0 Å². The Balaban J connectivity index is 0.000000150. The lowest BCUT2D eigenvalue weighted by molar-refractivity contribution is 0.187. The van der Waals surface area contributed by atoms with Crippen molar-refractivity contribution in [2.75, 3.05) is 29.4 Å². The van der Waals surface area contributed by atoms with Crippen LogP contribution in [0.3, 0.4) is 0 Å². The third-order valence-electron chi connectivity index (χ3n) is 21.6. The Morgan fingerprint density at radius 2 is 0.547 bits per heavy atom. The molecular weight excluding hydrogens is 1160 g/mol. The number of aryl methyl sites for hydroxylation is 6. The molecule has 0 N–H and O–H groups in total. The SMILES string of the molecule is Cc1cc(C(C)C)ccc1N1C=CN(C2CCCC2)[C@H]1C.Cc1cc(C(C)C)ccc1N1C=CN(C2CCCCC2)[C@H]1C.Cc1cc(C(C)C)ccc1N1C=CN(c2c(C(C)C)cccc2C(C)C)[C@H]1C.Cc1cc(C(C)C)ccc1N1C=CN(c2c(C)cccc2C)[C@H]1C. The highest BCUT2D eigenvalue weighted by atomic mass is 15.4. The largest absolute Gasteiger partial charge is 0.353 e. The standard InChI is InChI=1S/C26H36N2.C22H28N2.C20H30N2.C19H28N2/c1-17(2)22-12-13-25(20(7)16-22)27-14-15-28(21(27)8)26-23(18(3)4)10-9-11-24(26)19(5)6;1-15(2)20-10-11-21(18(5)14-20)23-12-13-24(19(23)6)22-16(3)8-7-9-17(22)4;1-15(2)18-10-11-20(16(3)14-18)22-13-12-21(17(22)4)19-8-6-5-7-9-19;1-14(2)17-9-10-19(15(3)13-17)21-12-11-20(16(21)4)18-7-5-6-8-18/h9-19,21H,1-8H3;7-15,19H,1-6H3;10-15,17,19H,5-9H2,1-4H3;9-14,16,18H,5-8H2,1-4H3/t21-;19-;17-;16-/m0011/s1. The first-order valence-corrected chi connectivity index (χ1v) is 36.9. The quantitative estimate of drug-likeness (QED) is 0.106. The molecule has 95 heavy (non-hydrogen) atoms. The first-order chi connectivity index (χ1) is 45.3. The van der Waals surface area contributed by atoms with Gasteiger partial charge in [0.05, 0.1) is 0 Å². The van der Waals surface area contributed by atoms with E-state index in [1.165, 1.54) is 159 Å². The number of rotatable bonds is 14. The lowest BCUT2D eigenvalue weighted by atomic mass is 9.92. The molecule has 510 valence electrons. The summed E-state index contributed by atoms with van der Waals surface area (Å²) in [6.45, 7) is 49.7. The van der Waals surface area contributed by atoms with Crippen LogP contribution in [0.5, 0.6) is 0 Å². The predicted molar refractivity (Wildman–Crippen MR) is 414 cm³/mol. The summed E-state index contributed by atoms with van der Waals surface area (Å²) in [5, 5.41) is 0. The lowest BCUT2D eigenvalue weighted by Gasteiger charge is -2.38. The Morgan fingerprint density at radius 1 is 0.274 bits per heavy atom. The predicted octanol–water partition coefficient (Wildman–Crippen LogP) is 23.8. The summed E-state index contributed by atoms with van der Waals surface area (Å²) in [7, 11) is 0. The molecule has 0 bridgehead atoms. The van der Waals surface area contributed by atoms with E-state index in [4.69, 9.17) is 0 Å². The van der Waals surface area contributed by atoms with Crippen molar-refractivity contribution in [3.05, 3.63) is 226 Å². The van der Waals surface area contributed by atoms with Gasteiger partial charge in [-0.3, -0.25) is 0 Å². The maximum atomic E-state index is 2.58. The fraction of sp³-hybridized carbons (Fsp3) is 0.494. The summed E-state index contributed by atoms with van der Waals surface area (Å²) in [4.78, 5) is 19.6. The monoisotopic (exact) mass is 1280 g/mol. The molecule has 0 unspecified atom stereocenters. The molecule has 6 aliphatic rings. The summed E-state index contributed by atoms with van der Waals surface area (Å²) in [6.07, 6.45) is 31.9. The van der Waals surface area contributed by atoms with E-state index < -0.39 is 0 Å². The van der Waals surface area contributed by atoms with Crippen LogP contribution in [0.1, 0.15) is 271 Å². The van der Waals surface area contributed by atoms with Gasteiger partial charge < -0.3 is 39.2 Å². The highest BCUT2D eigenvalue weighted by Gasteiger charge is 2.34. The number of hydrogen-bond donors (Lipinski definition) is 0. The lowest BCUT2D eigenvalue weighted by Crippen LogP contribution is -2.43. The number of anilines is 6. The molecule has 2 saturated carbocycles. The van der Waals surface area contributed by atoms with Gasteiger partial charge in [0.15, 0.2) is 0 Å². The zero-order chi connectivity index (χ0) is 68.7. The Labute approximate surface area is 578 Å². The van der Waals surface area contributed by atoms with Gasteiger partial charge in [-0.25, -0.2) is 0 Å². The van der Waals surface area contributed by atoms with Gasteiger partial charge in [-0.1, -0.05) is 200 Å². The van der Waals surface area contributed by atoms with Crippen LogP contribution < -0.4 is 29.4 Å². The van der Waals surface area contributed by atoms with E-state index in [1.807, 2.05) is 0 Å². The molecule has 6 aromatic carbocycles. The van der Waals surface area contributed by atoms with Crippen LogP contribution in [0, 0.1) is 41.5 Å². The molecule has 2 fully saturated rings. The summed E-state index contributed by atoms with van der Waals surface area (Å²) in [6, 6.07) is 42.4. The zero-order valence-corrected chi connectivity index (χ0v) is 62.9. The van der Waals surface area contributed by atoms with Crippen LogP contribution in [0.25, 0.3) is 0 Å². The fourth-order valence-corrected chi connectivity index (χ4v) is 15.6. The van der Waals surface area contributed by atoms with Crippen LogP contribution >= 0.6 is 0 Å². The molecule has 0 radical (unpaired) electrons. The topological polar surface area (TPSA) is 25.9 Å². The molecule has 4 aliphatic heterocycles. The van der Waals surface area contributed by atoms with Gasteiger partial charge in [0.1, 0.15) is 24.7 Å². The molecule has 4 heterocycles. The van der Waals surface area contributed by atoms with Gasteiger partial charge in [0.25, 0.3) is 0 Å². The molecule has 0 amide bonds. The third kappa shape index (κ3) is 16.2. The van der Waals surface area contributed by atoms with Gasteiger partial charge >= 0.3 is 0 Å². The summed E-state index contributed by atoms with van der Waals surface area (Å²) in [5.74, 6) is 3.31. The van der Waals surface area contributed by atoms with Crippen molar-refractivity contribution in [1.82, 2.24) is 9.80 Å². The van der Waals surface area contributed by atoms with Gasteiger partial charge in [0, 0.05) is 95.8 Å². The van der Waals surface area contributed by atoms with Crippen molar-refractivity contribution in [3.63, 3.8) is 0 Å². The van der Waals surface area contributed by atoms with Crippen molar-refractivity contribution in [2.45, 2.75) is 282 Å². The highest BCUT2D eigenvalue weighted by Crippen LogP contribution is 2.42. The summed E-state index contributed by atoms with van der Waals surface area (Å²) in [5.41, 5.74) is 24.6. The van der Waals surface area contributed by atoms with Gasteiger partial charge in [-0.15, -0.1) is 0 Å². The number of benzene rings is 6. The van der Waals surface area contributed by atoms with Gasteiger partial charge in [-0.05, 0) is 221 Å². The molecule has 0 saturated heterocycles. The van der Waals surface area contributed by atoms with Crippen LogP contribution in [-0.4, -0.2) is 46.5 Å². The molecule has 8 nitrogen and oxygen atoms in total. The van der Waals surface area contributed by atoms with Gasteiger partial charge in [-0.2, -0.15) is 0 Å². The maximum Gasteiger partial charge on any atom is 0.107 e. The molecule has 12 rings (SSSR count). The van der Waals surface area contributed by atoms with E-state index in [9.17, 15) is 0 Å². The molecule has 4 atom stereocenters. The van der Waals surface area contributed by atoms with Crippen LogP contribution in [0.15, 0.2) is 159 Å². The molecule has 0 spiro atoms. The van der Waals surface area contributed by atoms with Crippen LogP contribution in [0.2, 0.25) is 0 Å². The summed E-state index contributed by atoms with van der Waals surface area (Å²) >= 11 is 0. The van der Waals surface area contributed by atoms with Crippen molar-refractivity contribution < 1.29 is 0 Å². The minimum Gasteiger partial charge on any atom is -0.353 e. The first kappa shape index (κ1) is 72.0. The van der Waals surface area contributed by atoms with E-state index in [1.54, 1.807) is 0 Å². The van der Waals surface area contributed by atoms with E-state index >= 15 is 0 Å². The molecule has 2 aliphatic carbocycles. The normalized spacial score (nSPS) is 19.7. The summed E-state index contributed by atoms with van der Waals surface area (Å²) < 4.78 is 0.